The van der Waals surface area contributed by atoms with Crippen LogP contribution in [-0.2, 0) is 15.7 Å². The molecular formula is C21H15ClF3N3O3. The van der Waals surface area contributed by atoms with Gasteiger partial charge in [-0.2, -0.15) is 13.2 Å². The number of alkyl halides is 3. The van der Waals surface area contributed by atoms with Crippen molar-refractivity contribution in [2.75, 3.05) is 17.2 Å². The number of pyridine rings is 1. The highest BCUT2D eigenvalue weighted by Crippen LogP contribution is 2.32. The quantitative estimate of drug-likeness (QED) is 0.500. The van der Waals surface area contributed by atoms with E-state index in [0.29, 0.717) is 18.0 Å². The fourth-order valence-corrected chi connectivity index (χ4v) is 2.72. The van der Waals surface area contributed by atoms with Crippen molar-refractivity contribution in [1.29, 1.82) is 0 Å². The van der Waals surface area contributed by atoms with Gasteiger partial charge in [-0.1, -0.05) is 41.9 Å². The maximum Gasteiger partial charge on any atom is 0.417 e. The highest BCUT2D eigenvalue weighted by molar-refractivity contribution is 6.33. The van der Waals surface area contributed by atoms with Gasteiger partial charge in [0.15, 0.2) is 12.4 Å². The van der Waals surface area contributed by atoms with Gasteiger partial charge < -0.3 is 15.4 Å². The van der Waals surface area contributed by atoms with Gasteiger partial charge in [-0.25, -0.2) is 9.78 Å². The summed E-state index contributed by atoms with van der Waals surface area (Å²) in [5.74, 6) is -1.85. The molecule has 31 heavy (non-hydrogen) atoms. The number of para-hydroxylation sites is 2. The summed E-state index contributed by atoms with van der Waals surface area (Å²) < 4.78 is 43.0. The highest BCUT2D eigenvalue weighted by Gasteiger charge is 2.31. The van der Waals surface area contributed by atoms with Gasteiger partial charge in [0.25, 0.3) is 5.91 Å². The van der Waals surface area contributed by atoms with Gasteiger partial charge in [-0.3, -0.25) is 4.79 Å². The number of nitrogens with zero attached hydrogens (tertiary/aromatic N) is 1. The molecule has 3 rings (SSSR count). The van der Waals surface area contributed by atoms with Gasteiger partial charge in [-0.15, -0.1) is 0 Å². The average molecular weight is 450 g/mol. The van der Waals surface area contributed by atoms with Crippen molar-refractivity contribution in [3.8, 4) is 0 Å². The first-order chi connectivity index (χ1) is 14.7. The smallest absolute Gasteiger partial charge is 0.417 e. The number of esters is 1. The Morgan fingerprint density at radius 3 is 2.39 bits per heavy atom. The molecule has 0 aliphatic carbocycles. The third kappa shape index (κ3) is 5.95. The second-order valence-electron chi connectivity index (χ2n) is 6.21. The number of carbonyl (C=O) groups excluding carboxylic acids is 2. The normalized spacial score (nSPS) is 11.0. The number of carbonyl (C=O) groups is 2. The Kier molecular flexibility index (Phi) is 6.76. The van der Waals surface area contributed by atoms with E-state index in [1.165, 1.54) is 6.07 Å². The summed E-state index contributed by atoms with van der Waals surface area (Å²) in [6.45, 7) is -0.683. The van der Waals surface area contributed by atoms with Crippen LogP contribution in [0.4, 0.5) is 30.4 Å². The zero-order chi connectivity index (χ0) is 22.4. The lowest BCUT2D eigenvalue weighted by Crippen LogP contribution is -2.22. The molecule has 160 valence electrons. The van der Waals surface area contributed by atoms with Crippen LogP contribution in [0.1, 0.15) is 15.9 Å². The molecule has 0 aliphatic rings. The molecule has 0 fully saturated rings. The molecule has 2 aromatic carbocycles. The van der Waals surface area contributed by atoms with Gasteiger partial charge in [0.05, 0.1) is 21.8 Å². The van der Waals surface area contributed by atoms with Crippen molar-refractivity contribution in [3.63, 3.8) is 0 Å². The fourth-order valence-electron chi connectivity index (χ4n) is 2.51. The Morgan fingerprint density at radius 1 is 1.03 bits per heavy atom. The topological polar surface area (TPSA) is 80.3 Å². The molecule has 2 N–H and O–H groups in total. The second kappa shape index (κ2) is 9.48. The Balaban J connectivity index is 1.62. The maximum absolute atomic E-state index is 12.7. The molecule has 0 unspecified atom stereocenters. The second-order valence-corrected chi connectivity index (χ2v) is 6.62. The minimum atomic E-state index is -4.62. The zero-order valence-corrected chi connectivity index (χ0v) is 16.5. The first-order valence-electron chi connectivity index (χ1n) is 8.85. The average Bonchev–Trinajstić information content (AvgIpc) is 2.74. The van der Waals surface area contributed by atoms with Crippen LogP contribution in [0, 0.1) is 0 Å². The number of anilines is 3. The highest BCUT2D eigenvalue weighted by atomic mass is 35.5. The van der Waals surface area contributed by atoms with E-state index in [9.17, 15) is 22.8 Å². The van der Waals surface area contributed by atoms with Crippen LogP contribution < -0.4 is 10.6 Å². The number of ether oxygens (including phenoxy) is 1. The molecule has 6 nitrogen and oxygen atoms in total. The molecule has 0 saturated carbocycles. The molecule has 10 heteroatoms. The van der Waals surface area contributed by atoms with Crippen LogP contribution in [0.2, 0.25) is 5.02 Å². The SMILES string of the molecule is O=C(COC(=O)c1ccccc1Nc1ccccc1)Nc1ncc(C(F)(F)F)cc1Cl. The number of rotatable bonds is 6. The summed E-state index contributed by atoms with van der Waals surface area (Å²) >= 11 is 5.74. The number of benzene rings is 2. The predicted octanol–water partition coefficient (Wildman–Crippen LogP) is 5.29. The van der Waals surface area contributed by atoms with Crippen LogP contribution in [0.5, 0.6) is 0 Å². The summed E-state index contributed by atoms with van der Waals surface area (Å²) in [5, 5.41) is 4.90. The van der Waals surface area contributed by atoms with Crippen LogP contribution in [0.25, 0.3) is 0 Å². The third-order valence-corrected chi connectivity index (χ3v) is 4.25. The molecule has 0 saturated heterocycles. The van der Waals surface area contributed by atoms with Gasteiger partial charge in [0.2, 0.25) is 0 Å². The van der Waals surface area contributed by atoms with Crippen molar-refractivity contribution in [3.05, 3.63) is 83.0 Å². The lowest BCUT2D eigenvalue weighted by Gasteiger charge is -2.12. The van der Waals surface area contributed by atoms with Gasteiger partial charge in [0.1, 0.15) is 0 Å². The van der Waals surface area contributed by atoms with E-state index in [4.69, 9.17) is 16.3 Å². The molecule has 1 heterocycles. The summed E-state index contributed by atoms with van der Waals surface area (Å²) in [6.07, 6.45) is -4.07. The van der Waals surface area contributed by atoms with Crippen molar-refractivity contribution in [2.24, 2.45) is 0 Å². The number of nitrogens with one attached hydrogen (secondary N) is 2. The summed E-state index contributed by atoms with van der Waals surface area (Å²) in [5.41, 5.74) is 0.379. The Labute approximate surface area is 180 Å². The number of aromatic nitrogens is 1. The van der Waals surface area contributed by atoms with E-state index in [1.54, 1.807) is 18.2 Å². The predicted molar refractivity (Wildman–Crippen MR) is 109 cm³/mol. The van der Waals surface area contributed by atoms with Gasteiger partial charge in [0, 0.05) is 11.9 Å². The summed E-state index contributed by atoms with van der Waals surface area (Å²) in [4.78, 5) is 28.0. The number of hydrogen-bond donors (Lipinski definition) is 2. The van der Waals surface area contributed by atoms with Gasteiger partial charge >= 0.3 is 12.1 Å². The van der Waals surface area contributed by atoms with Crippen LogP contribution >= 0.6 is 11.6 Å². The first kappa shape index (κ1) is 22.1. The molecule has 0 bridgehead atoms. The van der Waals surface area contributed by atoms with Gasteiger partial charge in [-0.05, 0) is 30.3 Å². The molecule has 0 radical (unpaired) electrons. The largest absolute Gasteiger partial charge is 0.452 e. The fraction of sp³-hybridized carbons (Fsp3) is 0.0952. The molecule has 0 aliphatic heterocycles. The zero-order valence-electron chi connectivity index (χ0n) is 15.7. The number of amides is 1. The number of hydrogen-bond acceptors (Lipinski definition) is 5. The van der Waals surface area contributed by atoms with Crippen molar-refractivity contribution in [2.45, 2.75) is 6.18 Å². The first-order valence-corrected chi connectivity index (χ1v) is 9.22. The minimum absolute atomic E-state index is 0.199. The monoisotopic (exact) mass is 449 g/mol. The number of halogens is 4. The van der Waals surface area contributed by atoms with Crippen LogP contribution in [0.15, 0.2) is 66.9 Å². The molecular weight excluding hydrogens is 435 g/mol. The third-order valence-electron chi connectivity index (χ3n) is 3.96. The van der Waals surface area contributed by atoms with E-state index < -0.39 is 35.2 Å². The minimum Gasteiger partial charge on any atom is -0.452 e. The van der Waals surface area contributed by atoms with E-state index in [0.717, 1.165) is 5.69 Å². The van der Waals surface area contributed by atoms with E-state index in [2.05, 4.69) is 15.6 Å². The van der Waals surface area contributed by atoms with Crippen molar-refractivity contribution >= 4 is 40.7 Å². The van der Waals surface area contributed by atoms with Crippen LogP contribution in [0.3, 0.4) is 0 Å². The molecule has 0 atom stereocenters. The molecule has 3 aromatic rings. The molecule has 1 aromatic heterocycles. The van der Waals surface area contributed by atoms with E-state index in [1.807, 2.05) is 30.3 Å². The Bertz CT molecular complexity index is 1090. The summed E-state index contributed by atoms with van der Waals surface area (Å²) in [7, 11) is 0. The van der Waals surface area contributed by atoms with Crippen LogP contribution in [-0.4, -0.2) is 23.5 Å². The van der Waals surface area contributed by atoms with Crippen molar-refractivity contribution < 1.29 is 27.5 Å². The maximum atomic E-state index is 12.7. The molecule has 0 spiro atoms. The summed E-state index contributed by atoms with van der Waals surface area (Å²) in [6, 6.07) is 16.3. The Hall–Kier alpha value is -3.59. The lowest BCUT2D eigenvalue weighted by molar-refractivity contribution is -0.137. The Morgan fingerprint density at radius 2 is 1.71 bits per heavy atom. The van der Waals surface area contributed by atoms with E-state index >= 15 is 0 Å². The lowest BCUT2D eigenvalue weighted by atomic mass is 10.1. The van der Waals surface area contributed by atoms with E-state index in [-0.39, 0.29) is 11.4 Å². The molecule has 1 amide bonds. The standard InChI is InChI=1S/C21H15ClF3N3O3/c22-16-10-13(21(23,24)25)11-26-19(16)28-18(29)12-31-20(30)15-8-4-5-9-17(15)27-14-6-2-1-3-7-14/h1-11,27H,12H2,(H,26,28,29). The van der Waals surface area contributed by atoms with Crippen molar-refractivity contribution in [1.82, 2.24) is 4.98 Å².